The van der Waals surface area contributed by atoms with Crippen molar-refractivity contribution in [2.75, 3.05) is 20.6 Å². The molecule has 3 nitrogen and oxygen atoms in total. The van der Waals surface area contributed by atoms with Gasteiger partial charge in [0.25, 0.3) is 0 Å². The van der Waals surface area contributed by atoms with Gasteiger partial charge in [0.15, 0.2) is 0 Å². The first-order chi connectivity index (χ1) is 8.51. The normalized spacial score (nSPS) is 12.9. The monoisotopic (exact) mass is 265 g/mol. The summed E-state index contributed by atoms with van der Waals surface area (Å²) in [5.41, 5.74) is 0.768. The minimum Gasteiger partial charge on any atom is -0.308 e. The van der Waals surface area contributed by atoms with Gasteiger partial charge in [-0.1, -0.05) is 13.8 Å². The summed E-state index contributed by atoms with van der Waals surface area (Å²) < 4.78 is 0. The fourth-order valence-electron chi connectivity index (χ4n) is 2.01. The molecule has 0 radical (unpaired) electrons. The van der Waals surface area contributed by atoms with Crippen LogP contribution in [0.1, 0.15) is 30.7 Å². The number of thiophene rings is 1. The van der Waals surface area contributed by atoms with Crippen molar-refractivity contribution in [3.8, 4) is 6.07 Å². The Morgan fingerprint density at radius 3 is 2.67 bits per heavy atom. The molecule has 0 fully saturated rings. The number of nitrogens with one attached hydrogen (secondary N) is 1. The first-order valence-electron chi connectivity index (χ1n) is 6.37. The Balaban J connectivity index is 2.47. The predicted octanol–water partition coefficient (Wildman–Crippen LogP) is 2.69. The van der Waals surface area contributed by atoms with Gasteiger partial charge in [0.05, 0.1) is 5.56 Å². The predicted molar refractivity (Wildman–Crippen MR) is 77.7 cm³/mol. The van der Waals surface area contributed by atoms with Gasteiger partial charge < -0.3 is 10.2 Å². The van der Waals surface area contributed by atoms with Crippen LogP contribution in [0.25, 0.3) is 0 Å². The number of hydrogen-bond acceptors (Lipinski definition) is 4. The van der Waals surface area contributed by atoms with Gasteiger partial charge in [0.1, 0.15) is 6.07 Å². The van der Waals surface area contributed by atoms with E-state index in [1.54, 1.807) is 11.3 Å². The van der Waals surface area contributed by atoms with Gasteiger partial charge in [0, 0.05) is 29.4 Å². The summed E-state index contributed by atoms with van der Waals surface area (Å²) in [6.07, 6.45) is 1.18. The van der Waals surface area contributed by atoms with E-state index in [4.69, 9.17) is 5.26 Å². The average Bonchev–Trinajstić information content (AvgIpc) is 2.72. The van der Waals surface area contributed by atoms with Gasteiger partial charge in [-0.2, -0.15) is 5.26 Å². The molecular weight excluding hydrogens is 242 g/mol. The lowest BCUT2D eigenvalue weighted by atomic mass is 10.0. The highest BCUT2D eigenvalue weighted by Crippen LogP contribution is 2.14. The van der Waals surface area contributed by atoms with E-state index in [9.17, 15) is 0 Å². The van der Waals surface area contributed by atoms with Crippen LogP contribution in [0.15, 0.2) is 11.4 Å². The molecule has 0 aromatic carbocycles. The van der Waals surface area contributed by atoms with Gasteiger partial charge in [0.2, 0.25) is 0 Å². The van der Waals surface area contributed by atoms with Gasteiger partial charge in [-0.15, -0.1) is 11.3 Å². The van der Waals surface area contributed by atoms with Crippen LogP contribution in [0.4, 0.5) is 0 Å². The molecule has 1 unspecified atom stereocenters. The molecule has 1 atom stereocenters. The summed E-state index contributed by atoms with van der Waals surface area (Å²) in [7, 11) is 4.21. The molecule has 1 rings (SSSR count). The minimum atomic E-state index is 0.507. The van der Waals surface area contributed by atoms with E-state index in [-0.39, 0.29) is 0 Å². The lowest BCUT2D eigenvalue weighted by molar-refractivity contribution is 0.305. The van der Waals surface area contributed by atoms with E-state index in [1.165, 1.54) is 11.3 Å². The molecule has 0 saturated heterocycles. The third kappa shape index (κ3) is 5.63. The molecule has 1 aromatic heterocycles. The van der Waals surface area contributed by atoms with E-state index in [2.05, 4.69) is 44.2 Å². The summed E-state index contributed by atoms with van der Waals surface area (Å²) >= 11 is 1.66. The van der Waals surface area contributed by atoms with Crippen molar-refractivity contribution >= 4 is 11.3 Å². The fourth-order valence-corrected chi connectivity index (χ4v) is 2.77. The van der Waals surface area contributed by atoms with E-state index >= 15 is 0 Å². The molecule has 0 saturated carbocycles. The molecule has 100 valence electrons. The van der Waals surface area contributed by atoms with Crippen molar-refractivity contribution in [1.29, 1.82) is 5.26 Å². The van der Waals surface area contributed by atoms with Gasteiger partial charge in [-0.3, -0.25) is 0 Å². The third-order valence-corrected chi connectivity index (χ3v) is 3.63. The minimum absolute atomic E-state index is 0.507. The second kappa shape index (κ2) is 7.52. The van der Waals surface area contributed by atoms with Crippen LogP contribution in [-0.2, 0) is 6.54 Å². The van der Waals surface area contributed by atoms with Gasteiger partial charge in [-0.05, 0) is 32.5 Å². The lowest BCUT2D eigenvalue weighted by Gasteiger charge is -2.23. The molecule has 1 aromatic rings. The molecule has 0 amide bonds. The Kier molecular flexibility index (Phi) is 6.34. The maximum Gasteiger partial charge on any atom is 0.100 e. The molecular formula is C14H23N3S. The Labute approximate surface area is 114 Å². The Morgan fingerprint density at radius 1 is 1.44 bits per heavy atom. The molecule has 0 aliphatic heterocycles. The van der Waals surface area contributed by atoms with Crippen LogP contribution in [0.3, 0.4) is 0 Å². The molecule has 0 aliphatic rings. The highest BCUT2D eigenvalue weighted by Gasteiger charge is 2.12. The third-order valence-electron chi connectivity index (χ3n) is 2.69. The Bertz CT molecular complexity index is 380. The molecule has 18 heavy (non-hydrogen) atoms. The second-order valence-corrected chi connectivity index (χ2v) is 6.38. The summed E-state index contributed by atoms with van der Waals surface area (Å²) in [6.45, 7) is 6.42. The van der Waals surface area contributed by atoms with Crippen molar-refractivity contribution in [2.24, 2.45) is 5.92 Å². The van der Waals surface area contributed by atoms with Crippen molar-refractivity contribution in [3.05, 3.63) is 21.9 Å². The molecule has 0 aliphatic carbocycles. The zero-order valence-corrected chi connectivity index (χ0v) is 12.5. The summed E-state index contributed by atoms with van der Waals surface area (Å²) in [4.78, 5) is 3.45. The zero-order chi connectivity index (χ0) is 13.5. The number of likely N-dealkylation sites (N-methyl/N-ethyl adjacent to an activating group) is 1. The number of nitrogens with zero attached hydrogens (tertiary/aromatic N) is 2. The smallest absolute Gasteiger partial charge is 0.100 e. The number of hydrogen-bond donors (Lipinski definition) is 1. The van der Waals surface area contributed by atoms with Crippen molar-refractivity contribution in [2.45, 2.75) is 32.9 Å². The topological polar surface area (TPSA) is 39.1 Å². The number of nitriles is 1. The van der Waals surface area contributed by atoms with Crippen LogP contribution in [0.2, 0.25) is 0 Å². The molecule has 1 heterocycles. The van der Waals surface area contributed by atoms with E-state index < -0.39 is 0 Å². The van der Waals surface area contributed by atoms with Crippen LogP contribution in [0.5, 0.6) is 0 Å². The van der Waals surface area contributed by atoms with Gasteiger partial charge >= 0.3 is 0 Å². The Morgan fingerprint density at radius 2 is 2.17 bits per heavy atom. The van der Waals surface area contributed by atoms with Crippen LogP contribution < -0.4 is 5.32 Å². The highest BCUT2D eigenvalue weighted by molar-refractivity contribution is 7.10. The quantitative estimate of drug-likeness (QED) is 0.824. The molecule has 0 spiro atoms. The maximum atomic E-state index is 8.80. The van der Waals surface area contributed by atoms with E-state index in [0.717, 1.165) is 18.7 Å². The summed E-state index contributed by atoms with van der Waals surface area (Å²) in [5, 5.41) is 14.3. The average molecular weight is 265 g/mol. The maximum absolute atomic E-state index is 8.80. The van der Waals surface area contributed by atoms with Crippen LogP contribution in [-0.4, -0.2) is 31.6 Å². The molecule has 0 bridgehead atoms. The molecule has 4 heteroatoms. The van der Waals surface area contributed by atoms with E-state index in [1.807, 2.05) is 11.4 Å². The first-order valence-corrected chi connectivity index (χ1v) is 7.24. The zero-order valence-electron chi connectivity index (χ0n) is 11.7. The largest absolute Gasteiger partial charge is 0.308 e. The summed E-state index contributed by atoms with van der Waals surface area (Å²) in [5.74, 6) is 0.695. The first kappa shape index (κ1) is 15.2. The van der Waals surface area contributed by atoms with Crippen LogP contribution >= 0.6 is 11.3 Å². The number of rotatable bonds is 7. The standard InChI is InChI=1S/C14H23N3S/c1-11(2)5-13(9-17(3)4)16-8-14-6-12(7-15)10-18-14/h6,10-11,13,16H,5,8-9H2,1-4H3. The second-order valence-electron chi connectivity index (χ2n) is 5.38. The van der Waals surface area contributed by atoms with Crippen molar-refractivity contribution in [3.63, 3.8) is 0 Å². The van der Waals surface area contributed by atoms with E-state index in [0.29, 0.717) is 12.0 Å². The van der Waals surface area contributed by atoms with Gasteiger partial charge in [-0.25, -0.2) is 0 Å². The molecule has 1 N–H and O–H groups in total. The summed E-state index contributed by atoms with van der Waals surface area (Å²) in [6, 6.07) is 4.65. The Hall–Kier alpha value is -0.890. The van der Waals surface area contributed by atoms with Crippen molar-refractivity contribution in [1.82, 2.24) is 10.2 Å². The SMILES string of the molecule is CC(C)CC(CN(C)C)NCc1cc(C#N)cs1. The highest BCUT2D eigenvalue weighted by atomic mass is 32.1. The fraction of sp³-hybridized carbons (Fsp3) is 0.643. The van der Waals surface area contributed by atoms with Crippen molar-refractivity contribution < 1.29 is 0 Å². The van der Waals surface area contributed by atoms with Crippen LogP contribution in [0, 0.1) is 17.2 Å². The lowest BCUT2D eigenvalue weighted by Crippen LogP contribution is -2.38.